The number of nitrogens with zero attached hydrogens (tertiary/aromatic N) is 4. The van der Waals surface area contributed by atoms with Gasteiger partial charge in [0.25, 0.3) is 0 Å². The number of hydrogen-bond donors (Lipinski definition) is 0. The van der Waals surface area contributed by atoms with Gasteiger partial charge in [-0.1, -0.05) is 23.9 Å². The highest BCUT2D eigenvalue weighted by Gasteiger charge is 2.22. The Morgan fingerprint density at radius 1 is 1.17 bits per heavy atom. The third kappa shape index (κ3) is 4.61. The average Bonchev–Trinajstić information content (AvgIpc) is 3.43. The molecule has 0 amide bonds. The molecule has 1 saturated heterocycles. The van der Waals surface area contributed by atoms with E-state index in [2.05, 4.69) is 20.8 Å². The number of thioether (sulfide) groups is 1. The quantitative estimate of drug-likeness (QED) is 0.545. The van der Waals surface area contributed by atoms with Crippen molar-refractivity contribution < 1.29 is 9.47 Å². The normalized spacial score (nSPS) is 15.9. The number of hydrogen-bond acceptors (Lipinski definition) is 6. The molecular weight excluding hydrogens is 384 g/mol. The lowest BCUT2D eigenvalue weighted by atomic mass is 10.2. The summed E-state index contributed by atoms with van der Waals surface area (Å²) in [6.45, 7) is 1.56. The highest BCUT2D eigenvalue weighted by Crippen LogP contribution is 2.29. The van der Waals surface area contributed by atoms with Crippen molar-refractivity contribution in [3.05, 3.63) is 59.7 Å². The summed E-state index contributed by atoms with van der Waals surface area (Å²) < 4.78 is 13.3. The van der Waals surface area contributed by atoms with Crippen LogP contribution in [0.25, 0.3) is 11.4 Å². The van der Waals surface area contributed by atoms with Crippen LogP contribution in [-0.4, -0.2) is 34.6 Å². The van der Waals surface area contributed by atoms with Crippen molar-refractivity contribution in [3.63, 3.8) is 0 Å². The Morgan fingerprint density at radius 3 is 2.62 bits per heavy atom. The Morgan fingerprint density at radius 2 is 1.97 bits per heavy atom. The maximum Gasteiger partial charge on any atom is 0.191 e. The summed E-state index contributed by atoms with van der Waals surface area (Å²) in [5, 5.41) is 18.8. The first-order chi connectivity index (χ1) is 14.3. The number of ether oxygens (including phenoxy) is 2. The molecule has 1 aromatic heterocycles. The van der Waals surface area contributed by atoms with E-state index in [4.69, 9.17) is 14.7 Å². The smallest absolute Gasteiger partial charge is 0.191 e. The lowest BCUT2D eigenvalue weighted by Crippen LogP contribution is -2.16. The summed E-state index contributed by atoms with van der Waals surface area (Å²) in [5.74, 6) is 2.41. The fraction of sp³-hybridized carbons (Fsp3) is 0.318. The first-order valence-electron chi connectivity index (χ1n) is 9.58. The van der Waals surface area contributed by atoms with Crippen molar-refractivity contribution in [1.82, 2.24) is 14.8 Å². The molecule has 0 unspecified atom stereocenters. The molecule has 2 heterocycles. The van der Waals surface area contributed by atoms with Crippen molar-refractivity contribution in [2.45, 2.75) is 36.4 Å². The van der Waals surface area contributed by atoms with Crippen LogP contribution in [-0.2, 0) is 17.0 Å². The van der Waals surface area contributed by atoms with Gasteiger partial charge in [0, 0.05) is 17.9 Å². The minimum absolute atomic E-state index is 0.192. The highest BCUT2D eigenvalue weighted by molar-refractivity contribution is 7.98. The first kappa shape index (κ1) is 19.5. The lowest BCUT2D eigenvalue weighted by molar-refractivity contribution is 0.0953. The van der Waals surface area contributed by atoms with Crippen LogP contribution in [0.2, 0.25) is 0 Å². The molecule has 1 atom stereocenters. The molecule has 0 radical (unpaired) electrons. The Hall–Kier alpha value is -2.82. The Labute approximate surface area is 174 Å². The van der Waals surface area contributed by atoms with E-state index in [1.165, 1.54) is 0 Å². The molecule has 0 N–H and O–H groups in total. The van der Waals surface area contributed by atoms with Crippen LogP contribution in [0.4, 0.5) is 0 Å². The number of benzene rings is 2. The fourth-order valence-electron chi connectivity index (χ4n) is 3.33. The van der Waals surface area contributed by atoms with Gasteiger partial charge in [0.2, 0.25) is 0 Å². The lowest BCUT2D eigenvalue weighted by Gasteiger charge is -2.15. The third-order valence-corrected chi connectivity index (χ3v) is 5.96. The second kappa shape index (κ2) is 9.12. The van der Waals surface area contributed by atoms with Crippen molar-refractivity contribution in [2.75, 3.05) is 13.7 Å². The minimum atomic E-state index is 0.192. The van der Waals surface area contributed by atoms with Gasteiger partial charge in [0.1, 0.15) is 5.75 Å². The number of aromatic nitrogens is 3. The fourth-order valence-corrected chi connectivity index (χ4v) is 4.23. The number of nitriles is 1. The van der Waals surface area contributed by atoms with E-state index in [0.29, 0.717) is 5.56 Å². The van der Waals surface area contributed by atoms with Gasteiger partial charge in [-0.05, 0) is 54.8 Å². The van der Waals surface area contributed by atoms with Gasteiger partial charge in [-0.3, -0.25) is 4.57 Å². The first-order valence-corrected chi connectivity index (χ1v) is 10.6. The molecule has 6 nitrogen and oxygen atoms in total. The summed E-state index contributed by atoms with van der Waals surface area (Å²) >= 11 is 1.65. The maximum atomic E-state index is 8.96. The van der Waals surface area contributed by atoms with Crippen LogP contribution in [0, 0.1) is 11.3 Å². The van der Waals surface area contributed by atoms with Crippen molar-refractivity contribution in [2.24, 2.45) is 0 Å². The molecule has 1 aliphatic heterocycles. The standard InChI is InChI=1S/C22H22N4O2S/c1-27-19-10-8-18(9-11-19)21-24-25-22(26(21)14-20-3-2-12-28-20)29-15-17-6-4-16(13-23)5-7-17/h4-11,20H,2-3,12,14-15H2,1H3/t20-/m1/s1. The average molecular weight is 407 g/mol. The maximum absolute atomic E-state index is 8.96. The molecule has 148 valence electrons. The molecule has 4 rings (SSSR count). The van der Waals surface area contributed by atoms with Crippen molar-refractivity contribution in [3.8, 4) is 23.2 Å². The zero-order valence-corrected chi connectivity index (χ0v) is 17.1. The van der Waals surface area contributed by atoms with Crippen LogP contribution < -0.4 is 4.74 Å². The Balaban J connectivity index is 1.57. The Kier molecular flexibility index (Phi) is 6.13. The summed E-state index contributed by atoms with van der Waals surface area (Å²) in [7, 11) is 1.66. The van der Waals surface area contributed by atoms with E-state index in [-0.39, 0.29) is 6.10 Å². The summed E-state index contributed by atoms with van der Waals surface area (Å²) in [6.07, 6.45) is 2.34. The largest absolute Gasteiger partial charge is 0.497 e. The third-order valence-electron chi connectivity index (χ3n) is 4.93. The number of rotatable bonds is 7. The molecule has 0 saturated carbocycles. The summed E-state index contributed by atoms with van der Waals surface area (Å²) in [6, 6.07) is 17.7. The monoisotopic (exact) mass is 406 g/mol. The van der Waals surface area contributed by atoms with Crippen LogP contribution in [0.3, 0.4) is 0 Å². The molecule has 7 heteroatoms. The van der Waals surface area contributed by atoms with Crippen LogP contribution in [0.15, 0.2) is 53.7 Å². The van der Waals surface area contributed by atoms with Crippen LogP contribution in [0.5, 0.6) is 5.75 Å². The van der Waals surface area contributed by atoms with E-state index in [9.17, 15) is 0 Å². The second-order valence-corrected chi connectivity index (χ2v) is 7.82. The number of methoxy groups -OCH3 is 1. The van der Waals surface area contributed by atoms with E-state index >= 15 is 0 Å². The SMILES string of the molecule is COc1ccc(-c2nnc(SCc3ccc(C#N)cc3)n2C[C@H]2CCCO2)cc1. The summed E-state index contributed by atoms with van der Waals surface area (Å²) in [4.78, 5) is 0. The van der Waals surface area contributed by atoms with Crippen molar-refractivity contribution >= 4 is 11.8 Å². The Bertz CT molecular complexity index is 987. The zero-order chi connectivity index (χ0) is 20.1. The van der Waals surface area contributed by atoms with Gasteiger partial charge in [0.15, 0.2) is 11.0 Å². The summed E-state index contributed by atoms with van der Waals surface area (Å²) in [5.41, 5.74) is 2.82. The molecule has 3 aromatic rings. The molecule has 1 fully saturated rings. The van der Waals surface area contributed by atoms with Crippen molar-refractivity contribution in [1.29, 1.82) is 5.26 Å². The predicted molar refractivity (Wildman–Crippen MR) is 112 cm³/mol. The second-order valence-electron chi connectivity index (χ2n) is 6.88. The van der Waals surface area contributed by atoms with E-state index in [1.54, 1.807) is 18.9 Å². The van der Waals surface area contributed by atoms with Gasteiger partial charge >= 0.3 is 0 Å². The molecule has 0 bridgehead atoms. The predicted octanol–water partition coefficient (Wildman–Crippen LogP) is 4.30. The molecule has 0 spiro atoms. The zero-order valence-electron chi connectivity index (χ0n) is 16.2. The van der Waals surface area contributed by atoms with Crippen LogP contribution >= 0.6 is 11.8 Å². The van der Waals surface area contributed by atoms with Gasteiger partial charge in [-0.15, -0.1) is 10.2 Å². The van der Waals surface area contributed by atoms with Gasteiger partial charge in [-0.25, -0.2) is 0 Å². The molecule has 1 aliphatic rings. The van der Waals surface area contributed by atoms with E-state index in [0.717, 1.165) is 59.6 Å². The van der Waals surface area contributed by atoms with Crippen LogP contribution in [0.1, 0.15) is 24.0 Å². The molecule has 2 aromatic carbocycles. The molecule has 0 aliphatic carbocycles. The van der Waals surface area contributed by atoms with Gasteiger partial charge in [0.05, 0.1) is 31.4 Å². The van der Waals surface area contributed by atoms with Gasteiger partial charge < -0.3 is 9.47 Å². The minimum Gasteiger partial charge on any atom is -0.497 e. The van der Waals surface area contributed by atoms with Gasteiger partial charge in [-0.2, -0.15) is 5.26 Å². The topological polar surface area (TPSA) is 73.0 Å². The van der Waals surface area contributed by atoms with E-state index < -0.39 is 0 Å². The molecule has 29 heavy (non-hydrogen) atoms. The highest BCUT2D eigenvalue weighted by atomic mass is 32.2. The molecular formula is C22H22N4O2S. The van der Waals surface area contributed by atoms with E-state index in [1.807, 2.05) is 48.5 Å².